The summed E-state index contributed by atoms with van der Waals surface area (Å²) >= 11 is 1.12. The number of hydrogen-bond donors (Lipinski definition) is 2. The molecule has 2 N–H and O–H groups in total. The van der Waals surface area contributed by atoms with Gasteiger partial charge in [0.2, 0.25) is 21.8 Å². The van der Waals surface area contributed by atoms with Crippen LogP contribution in [0.2, 0.25) is 0 Å². The number of aryl methyl sites for hydroxylation is 1. The second-order valence-corrected chi connectivity index (χ2v) is 9.94. The van der Waals surface area contributed by atoms with E-state index in [4.69, 9.17) is 9.26 Å². The van der Waals surface area contributed by atoms with Crippen molar-refractivity contribution < 1.29 is 27.3 Å². The summed E-state index contributed by atoms with van der Waals surface area (Å²) in [6, 6.07) is 5.79. The number of thioether (sulfide) groups is 1. The third-order valence-electron chi connectivity index (χ3n) is 3.94. The Balaban J connectivity index is 2.00. The molecule has 0 spiro atoms. The van der Waals surface area contributed by atoms with E-state index in [1.54, 1.807) is 19.9 Å². The van der Waals surface area contributed by atoms with Crippen LogP contribution in [-0.4, -0.2) is 61.9 Å². The number of sulfonamides is 1. The van der Waals surface area contributed by atoms with Gasteiger partial charge < -0.3 is 19.9 Å². The van der Waals surface area contributed by atoms with Gasteiger partial charge in [0.25, 0.3) is 0 Å². The Bertz CT molecular complexity index is 1020. The van der Waals surface area contributed by atoms with Crippen molar-refractivity contribution in [2.24, 2.45) is 0 Å². The summed E-state index contributed by atoms with van der Waals surface area (Å²) in [4.78, 5) is 24.6. The lowest BCUT2D eigenvalue weighted by Gasteiger charge is -2.15. The van der Waals surface area contributed by atoms with Crippen LogP contribution in [0.4, 0.5) is 11.5 Å². The maximum Gasteiger partial charge on any atom is 0.242 e. The highest BCUT2D eigenvalue weighted by Crippen LogP contribution is 2.28. The number of methoxy groups -OCH3 is 1. The van der Waals surface area contributed by atoms with E-state index in [-0.39, 0.29) is 22.2 Å². The molecule has 0 fully saturated rings. The minimum absolute atomic E-state index is 0.0203. The van der Waals surface area contributed by atoms with Crippen LogP contribution in [-0.2, 0) is 19.6 Å². The minimum Gasteiger partial charge on any atom is -0.495 e. The van der Waals surface area contributed by atoms with Crippen LogP contribution < -0.4 is 15.4 Å². The number of carbonyl (C=O) groups is 2. The highest BCUT2D eigenvalue weighted by molar-refractivity contribution is 8.01. The van der Waals surface area contributed by atoms with Crippen LogP contribution in [0.1, 0.15) is 12.7 Å². The van der Waals surface area contributed by atoms with E-state index in [1.807, 2.05) is 0 Å². The van der Waals surface area contributed by atoms with Crippen LogP contribution in [0.15, 0.2) is 33.7 Å². The van der Waals surface area contributed by atoms with Crippen molar-refractivity contribution in [2.75, 3.05) is 37.6 Å². The first-order chi connectivity index (χ1) is 14.0. The first-order valence-electron chi connectivity index (χ1n) is 8.80. The van der Waals surface area contributed by atoms with E-state index >= 15 is 0 Å². The van der Waals surface area contributed by atoms with Crippen LogP contribution in [0.3, 0.4) is 0 Å². The Hall–Kier alpha value is -2.57. The highest BCUT2D eigenvalue weighted by Gasteiger charge is 2.21. The van der Waals surface area contributed by atoms with Crippen molar-refractivity contribution in [3.05, 3.63) is 30.0 Å². The lowest BCUT2D eigenvalue weighted by molar-refractivity contribution is -0.115. The van der Waals surface area contributed by atoms with Crippen LogP contribution in [0.5, 0.6) is 5.75 Å². The number of benzene rings is 1. The molecular weight excluding hydrogens is 432 g/mol. The van der Waals surface area contributed by atoms with Gasteiger partial charge in [-0.2, -0.15) is 0 Å². The van der Waals surface area contributed by atoms with Gasteiger partial charge in [0, 0.05) is 20.2 Å². The van der Waals surface area contributed by atoms with Gasteiger partial charge in [0.1, 0.15) is 11.5 Å². The Labute approximate surface area is 179 Å². The zero-order valence-corrected chi connectivity index (χ0v) is 18.9. The van der Waals surface area contributed by atoms with Crippen molar-refractivity contribution in [3.63, 3.8) is 0 Å². The topological polar surface area (TPSA) is 131 Å². The number of hydrogen-bond acceptors (Lipinski definition) is 8. The monoisotopic (exact) mass is 456 g/mol. The van der Waals surface area contributed by atoms with E-state index in [1.165, 1.54) is 39.4 Å². The van der Waals surface area contributed by atoms with E-state index in [2.05, 4.69) is 15.8 Å². The van der Waals surface area contributed by atoms with Gasteiger partial charge in [-0.3, -0.25) is 9.59 Å². The molecule has 164 valence electrons. The molecule has 10 nitrogen and oxygen atoms in total. The summed E-state index contributed by atoms with van der Waals surface area (Å²) in [5.74, 6) is 0.432. The quantitative estimate of drug-likeness (QED) is 0.585. The van der Waals surface area contributed by atoms with Crippen molar-refractivity contribution >= 4 is 45.1 Å². The van der Waals surface area contributed by atoms with Gasteiger partial charge in [-0.1, -0.05) is 5.16 Å². The van der Waals surface area contributed by atoms with Gasteiger partial charge in [-0.25, -0.2) is 12.7 Å². The minimum atomic E-state index is -3.67. The fourth-order valence-corrected chi connectivity index (χ4v) is 3.88. The van der Waals surface area contributed by atoms with Gasteiger partial charge in [-0.05, 0) is 32.0 Å². The second kappa shape index (κ2) is 9.96. The molecule has 0 saturated carbocycles. The maximum absolute atomic E-state index is 12.4. The van der Waals surface area contributed by atoms with Crippen molar-refractivity contribution in [2.45, 2.75) is 24.0 Å². The third-order valence-corrected chi connectivity index (χ3v) is 6.89. The molecule has 0 aliphatic heterocycles. The predicted molar refractivity (Wildman–Crippen MR) is 114 cm³/mol. The first-order valence-corrected chi connectivity index (χ1v) is 11.3. The SMILES string of the molecule is COc1ccc(S(=O)(=O)N(C)C)cc1NC(=O)CS[C@H](C)C(=O)Nc1cc(C)on1. The fourth-order valence-electron chi connectivity index (χ4n) is 2.27. The smallest absolute Gasteiger partial charge is 0.242 e. The summed E-state index contributed by atoms with van der Waals surface area (Å²) in [6.45, 7) is 3.36. The van der Waals surface area contributed by atoms with Crippen LogP contribution in [0, 0.1) is 6.92 Å². The number of aromatic nitrogens is 1. The van der Waals surface area contributed by atoms with Crippen LogP contribution in [0.25, 0.3) is 0 Å². The average Bonchev–Trinajstić information content (AvgIpc) is 3.10. The first kappa shape index (κ1) is 23.7. The molecule has 30 heavy (non-hydrogen) atoms. The van der Waals surface area contributed by atoms with Gasteiger partial charge in [0.15, 0.2) is 5.82 Å². The number of rotatable bonds is 9. The maximum atomic E-state index is 12.4. The molecule has 2 aromatic rings. The second-order valence-electron chi connectivity index (χ2n) is 6.46. The number of ether oxygens (including phenoxy) is 1. The number of carbonyl (C=O) groups excluding carboxylic acids is 2. The molecule has 1 heterocycles. The summed E-state index contributed by atoms with van der Waals surface area (Å²) in [5, 5.41) is 8.39. The standard InChI is InChI=1S/C18H24N4O6S2/c1-11-8-16(21-28-11)20-18(24)12(2)29-10-17(23)19-14-9-13(6-7-15(14)27-5)30(25,26)22(3)4/h6-9,12H,10H2,1-5H3,(H,19,23)(H,20,21,24)/t12-/m1/s1. The van der Waals surface area contributed by atoms with E-state index in [0.717, 1.165) is 16.1 Å². The Morgan fingerprint density at radius 1 is 1.27 bits per heavy atom. The number of nitrogens with one attached hydrogen (secondary N) is 2. The molecule has 0 aliphatic rings. The number of amides is 2. The summed E-state index contributed by atoms with van der Waals surface area (Å²) in [7, 11) is 0.580. The summed E-state index contributed by atoms with van der Waals surface area (Å²) < 4.78 is 35.8. The van der Waals surface area contributed by atoms with Crippen LogP contribution >= 0.6 is 11.8 Å². The summed E-state index contributed by atoms with van der Waals surface area (Å²) in [5.41, 5.74) is 0.223. The average molecular weight is 457 g/mol. The molecule has 0 unspecified atom stereocenters. The fraction of sp³-hybridized carbons (Fsp3) is 0.389. The van der Waals surface area contributed by atoms with Crippen molar-refractivity contribution in [3.8, 4) is 5.75 Å². The van der Waals surface area contributed by atoms with E-state index in [0.29, 0.717) is 17.3 Å². The molecule has 1 aromatic heterocycles. The normalized spacial score (nSPS) is 12.5. The molecule has 0 radical (unpaired) electrons. The Kier molecular flexibility index (Phi) is 7.87. The molecule has 0 bridgehead atoms. The third kappa shape index (κ3) is 5.97. The largest absolute Gasteiger partial charge is 0.495 e. The van der Waals surface area contributed by atoms with Crippen molar-refractivity contribution in [1.29, 1.82) is 0 Å². The van der Waals surface area contributed by atoms with Gasteiger partial charge in [-0.15, -0.1) is 11.8 Å². The van der Waals surface area contributed by atoms with Crippen molar-refractivity contribution in [1.82, 2.24) is 9.46 Å². The number of anilines is 2. The van der Waals surface area contributed by atoms with E-state index in [9.17, 15) is 18.0 Å². The number of nitrogens with zero attached hydrogens (tertiary/aromatic N) is 2. The zero-order valence-electron chi connectivity index (χ0n) is 17.3. The highest BCUT2D eigenvalue weighted by atomic mass is 32.2. The zero-order chi connectivity index (χ0) is 22.5. The summed E-state index contributed by atoms with van der Waals surface area (Å²) in [6.07, 6.45) is 0. The molecule has 0 saturated heterocycles. The molecule has 1 atom stereocenters. The lowest BCUT2D eigenvalue weighted by atomic mass is 10.3. The molecule has 2 rings (SSSR count). The predicted octanol–water partition coefficient (Wildman–Crippen LogP) is 1.94. The van der Waals surface area contributed by atoms with Gasteiger partial charge in [0.05, 0.1) is 28.7 Å². The molecule has 12 heteroatoms. The van der Waals surface area contributed by atoms with E-state index < -0.39 is 21.2 Å². The Morgan fingerprint density at radius 3 is 2.53 bits per heavy atom. The molecule has 1 aromatic carbocycles. The molecule has 0 aliphatic carbocycles. The lowest BCUT2D eigenvalue weighted by Crippen LogP contribution is -2.25. The molecular formula is C18H24N4O6S2. The molecule has 2 amide bonds. The Morgan fingerprint density at radius 2 is 1.97 bits per heavy atom. The van der Waals surface area contributed by atoms with Gasteiger partial charge >= 0.3 is 0 Å².